The first-order chi connectivity index (χ1) is 14.4. The smallest absolute Gasteiger partial charge is 0.311 e. The van der Waals surface area contributed by atoms with Gasteiger partial charge in [-0.2, -0.15) is 0 Å². The van der Waals surface area contributed by atoms with E-state index in [9.17, 15) is 4.79 Å². The van der Waals surface area contributed by atoms with Crippen molar-refractivity contribution in [3.05, 3.63) is 70.3 Å². The standard InChI is InChI=1S/C22H21ClN4O3/c1-12(22(28)30-4)19-21-26-25-13(2)27(21)18-10-9-16(29-3)11-17(18)20(24-19)14-5-7-15(23)8-6-14/h5-12,19H,1-4H3. The summed E-state index contributed by atoms with van der Waals surface area (Å²) in [7, 11) is 2.99. The van der Waals surface area contributed by atoms with Crippen molar-refractivity contribution in [3.8, 4) is 11.4 Å². The minimum atomic E-state index is -0.581. The highest BCUT2D eigenvalue weighted by atomic mass is 35.5. The number of esters is 1. The van der Waals surface area contributed by atoms with Gasteiger partial charge in [0.15, 0.2) is 5.82 Å². The van der Waals surface area contributed by atoms with Crippen molar-refractivity contribution >= 4 is 23.3 Å². The topological polar surface area (TPSA) is 78.6 Å². The zero-order chi connectivity index (χ0) is 21.4. The molecule has 8 heteroatoms. The highest BCUT2D eigenvalue weighted by molar-refractivity contribution is 6.30. The average Bonchev–Trinajstić information content (AvgIpc) is 3.07. The largest absolute Gasteiger partial charge is 0.497 e. The van der Waals surface area contributed by atoms with E-state index in [0.29, 0.717) is 28.1 Å². The highest BCUT2D eigenvalue weighted by Crippen LogP contribution is 2.36. The number of fused-ring (bicyclic) bond motifs is 3. The molecule has 0 saturated heterocycles. The Morgan fingerprint density at radius 3 is 2.53 bits per heavy atom. The molecule has 154 valence electrons. The van der Waals surface area contributed by atoms with Crippen molar-refractivity contribution in [2.24, 2.45) is 10.9 Å². The fraction of sp³-hybridized carbons (Fsp3) is 0.273. The summed E-state index contributed by atoms with van der Waals surface area (Å²) in [6, 6.07) is 12.6. The second-order valence-corrected chi connectivity index (χ2v) is 7.50. The summed E-state index contributed by atoms with van der Waals surface area (Å²) in [6.45, 7) is 3.65. The van der Waals surface area contributed by atoms with Crippen molar-refractivity contribution < 1.29 is 14.3 Å². The number of ether oxygens (including phenoxy) is 2. The third-order valence-electron chi connectivity index (χ3n) is 5.25. The maximum atomic E-state index is 12.4. The molecule has 0 fully saturated rings. The van der Waals surface area contributed by atoms with Crippen molar-refractivity contribution in [3.63, 3.8) is 0 Å². The number of methoxy groups -OCH3 is 2. The van der Waals surface area contributed by atoms with Crippen LogP contribution in [0.2, 0.25) is 5.02 Å². The van der Waals surface area contributed by atoms with Crippen LogP contribution in [-0.2, 0) is 9.53 Å². The van der Waals surface area contributed by atoms with Gasteiger partial charge in [-0.25, -0.2) is 0 Å². The Morgan fingerprint density at radius 2 is 1.87 bits per heavy atom. The number of nitrogens with zero attached hydrogens (tertiary/aromatic N) is 4. The zero-order valence-electron chi connectivity index (χ0n) is 17.1. The number of rotatable bonds is 4. The number of carbonyl (C=O) groups is 1. The first-order valence-electron chi connectivity index (χ1n) is 9.47. The zero-order valence-corrected chi connectivity index (χ0v) is 17.8. The van der Waals surface area contributed by atoms with E-state index >= 15 is 0 Å². The summed E-state index contributed by atoms with van der Waals surface area (Å²) in [5, 5.41) is 9.25. The number of aliphatic imine (C=N–C) groups is 1. The summed E-state index contributed by atoms with van der Waals surface area (Å²) in [4.78, 5) is 17.4. The molecule has 0 amide bonds. The van der Waals surface area contributed by atoms with Gasteiger partial charge in [-0.15, -0.1) is 10.2 Å². The molecular weight excluding hydrogens is 404 g/mol. The Hall–Kier alpha value is -3.19. The van der Waals surface area contributed by atoms with E-state index in [1.807, 2.05) is 54.0 Å². The van der Waals surface area contributed by atoms with Crippen LogP contribution < -0.4 is 4.74 Å². The molecule has 0 N–H and O–H groups in total. The molecule has 4 rings (SSSR count). The molecule has 3 aromatic rings. The molecule has 0 aliphatic carbocycles. The Labute approximate surface area is 179 Å². The van der Waals surface area contributed by atoms with Gasteiger partial charge in [0.1, 0.15) is 17.6 Å². The fourth-order valence-electron chi connectivity index (χ4n) is 3.65. The second-order valence-electron chi connectivity index (χ2n) is 7.07. The summed E-state index contributed by atoms with van der Waals surface area (Å²) >= 11 is 6.10. The lowest BCUT2D eigenvalue weighted by Gasteiger charge is -2.17. The second kappa shape index (κ2) is 7.91. The number of aromatic nitrogens is 3. The maximum absolute atomic E-state index is 12.4. The van der Waals surface area contributed by atoms with Crippen molar-refractivity contribution in [2.75, 3.05) is 14.2 Å². The van der Waals surface area contributed by atoms with Gasteiger partial charge in [-0.1, -0.05) is 23.7 Å². The van der Waals surface area contributed by atoms with Crippen LogP contribution in [0.1, 0.15) is 35.7 Å². The number of benzene rings is 2. The highest BCUT2D eigenvalue weighted by Gasteiger charge is 2.35. The minimum Gasteiger partial charge on any atom is -0.497 e. The van der Waals surface area contributed by atoms with Crippen LogP contribution in [0.4, 0.5) is 0 Å². The predicted molar refractivity (Wildman–Crippen MR) is 114 cm³/mol. The molecule has 2 heterocycles. The third kappa shape index (κ3) is 3.35. The average molecular weight is 425 g/mol. The SMILES string of the molecule is COC(=O)C(C)C1N=C(c2ccc(Cl)cc2)c2cc(OC)ccc2-n2c(C)nnc21. The molecule has 0 radical (unpaired) electrons. The van der Waals surface area contributed by atoms with Crippen LogP contribution in [0.25, 0.3) is 5.69 Å². The van der Waals surface area contributed by atoms with Gasteiger partial charge in [-0.3, -0.25) is 14.4 Å². The monoisotopic (exact) mass is 424 g/mol. The quantitative estimate of drug-likeness (QED) is 0.593. The third-order valence-corrected chi connectivity index (χ3v) is 5.50. The normalized spacial score (nSPS) is 16.0. The van der Waals surface area contributed by atoms with Crippen LogP contribution in [-0.4, -0.2) is 40.7 Å². The molecule has 1 aliphatic rings. The fourth-order valence-corrected chi connectivity index (χ4v) is 3.78. The summed E-state index contributed by atoms with van der Waals surface area (Å²) in [5.74, 6) is 1.06. The summed E-state index contributed by atoms with van der Waals surface area (Å²) in [5.41, 5.74) is 3.29. The lowest BCUT2D eigenvalue weighted by Crippen LogP contribution is -2.22. The molecule has 30 heavy (non-hydrogen) atoms. The lowest BCUT2D eigenvalue weighted by atomic mass is 9.99. The molecule has 0 saturated carbocycles. The van der Waals surface area contributed by atoms with Crippen molar-refractivity contribution in [1.29, 1.82) is 0 Å². The van der Waals surface area contributed by atoms with Crippen molar-refractivity contribution in [2.45, 2.75) is 19.9 Å². The minimum absolute atomic E-state index is 0.366. The molecule has 2 unspecified atom stereocenters. The van der Waals surface area contributed by atoms with Crippen molar-refractivity contribution in [1.82, 2.24) is 14.8 Å². The molecule has 1 aromatic heterocycles. The van der Waals surface area contributed by atoms with E-state index in [0.717, 1.165) is 16.8 Å². The molecule has 7 nitrogen and oxygen atoms in total. The molecular formula is C22H21ClN4O3. The van der Waals surface area contributed by atoms with Crippen LogP contribution >= 0.6 is 11.6 Å². The number of halogens is 1. The van der Waals surface area contributed by atoms with E-state index in [1.165, 1.54) is 7.11 Å². The van der Waals surface area contributed by atoms with Gasteiger partial charge in [-0.05, 0) is 44.2 Å². The van der Waals surface area contributed by atoms with Gasteiger partial charge < -0.3 is 9.47 Å². The first kappa shape index (κ1) is 20.1. The molecule has 2 atom stereocenters. The van der Waals surface area contributed by atoms with Crippen LogP contribution in [0, 0.1) is 12.8 Å². The van der Waals surface area contributed by atoms with Gasteiger partial charge in [0.05, 0.1) is 31.5 Å². The number of hydrogen-bond donors (Lipinski definition) is 0. The van der Waals surface area contributed by atoms with Gasteiger partial charge in [0, 0.05) is 16.1 Å². The summed E-state index contributed by atoms with van der Waals surface area (Å²) in [6.07, 6.45) is 0. The molecule has 0 bridgehead atoms. The number of hydrogen-bond acceptors (Lipinski definition) is 6. The van der Waals surface area contributed by atoms with Crippen LogP contribution in [0.15, 0.2) is 47.5 Å². The Kier molecular flexibility index (Phi) is 5.30. The number of carbonyl (C=O) groups excluding carboxylic acids is 1. The van der Waals surface area contributed by atoms with Crippen LogP contribution in [0.5, 0.6) is 5.75 Å². The summed E-state index contributed by atoms with van der Waals surface area (Å²) < 4.78 is 12.4. The Balaban J connectivity index is 2.03. The lowest BCUT2D eigenvalue weighted by molar-refractivity contribution is -0.145. The van der Waals surface area contributed by atoms with Gasteiger partial charge in [0.25, 0.3) is 0 Å². The molecule has 1 aliphatic heterocycles. The van der Waals surface area contributed by atoms with E-state index in [-0.39, 0.29) is 5.97 Å². The van der Waals surface area contributed by atoms with E-state index in [4.69, 9.17) is 26.1 Å². The maximum Gasteiger partial charge on any atom is 0.311 e. The first-order valence-corrected chi connectivity index (χ1v) is 9.84. The van der Waals surface area contributed by atoms with E-state index in [1.54, 1.807) is 14.0 Å². The van der Waals surface area contributed by atoms with Crippen LogP contribution in [0.3, 0.4) is 0 Å². The van der Waals surface area contributed by atoms with E-state index < -0.39 is 12.0 Å². The van der Waals surface area contributed by atoms with Gasteiger partial charge >= 0.3 is 5.97 Å². The Morgan fingerprint density at radius 1 is 1.13 bits per heavy atom. The molecule has 0 spiro atoms. The predicted octanol–water partition coefficient (Wildman–Crippen LogP) is 3.94. The van der Waals surface area contributed by atoms with Gasteiger partial charge in [0.2, 0.25) is 0 Å². The van der Waals surface area contributed by atoms with E-state index in [2.05, 4.69) is 10.2 Å². The Bertz CT molecular complexity index is 1140. The number of aryl methyl sites for hydroxylation is 1. The molecule has 2 aromatic carbocycles.